The number of thiazole rings is 1. The van der Waals surface area contributed by atoms with Crippen molar-refractivity contribution in [3.63, 3.8) is 0 Å². The van der Waals surface area contributed by atoms with E-state index < -0.39 is 5.82 Å². The molecule has 0 spiro atoms. The topological polar surface area (TPSA) is 102 Å². The molecule has 0 fully saturated rings. The smallest absolute Gasteiger partial charge is 0.271 e. The number of hydrogen-bond acceptors (Lipinski definition) is 8. The van der Waals surface area contributed by atoms with E-state index in [9.17, 15) is 9.18 Å². The van der Waals surface area contributed by atoms with E-state index in [1.807, 2.05) is 13.8 Å². The molecule has 0 aliphatic carbocycles. The Balaban J connectivity index is 1.90. The summed E-state index contributed by atoms with van der Waals surface area (Å²) in [5.41, 5.74) is 1.32. The maximum atomic E-state index is 13.4. The van der Waals surface area contributed by atoms with Gasteiger partial charge in [-0.1, -0.05) is 0 Å². The van der Waals surface area contributed by atoms with Crippen LogP contribution in [0.15, 0.2) is 18.5 Å². The molecule has 0 aliphatic rings. The van der Waals surface area contributed by atoms with Gasteiger partial charge in [-0.15, -0.1) is 11.3 Å². The number of aryl methyl sites for hydroxylation is 1. The molecule has 3 aromatic rings. The fourth-order valence-corrected chi connectivity index (χ4v) is 3.28. The number of ether oxygens (including phenoxy) is 1. The third-order valence-corrected chi connectivity index (χ3v) is 4.71. The standard InChI is InChI=1S/C17H19FN6O2S/c1-9(11-6-12(18)8-19-7-11)21-17-23-13(16(25)20-4-5-26-3)14-15(24-17)22-10(2)27-14/h6-9H,4-5H2,1-3H3,(H,20,25)(H,21,23,24)/t9-/m0/s1. The predicted molar refractivity (Wildman–Crippen MR) is 100 cm³/mol. The molecule has 0 saturated heterocycles. The van der Waals surface area contributed by atoms with Crippen molar-refractivity contribution >= 4 is 33.5 Å². The van der Waals surface area contributed by atoms with Crippen molar-refractivity contribution < 1.29 is 13.9 Å². The van der Waals surface area contributed by atoms with Crippen molar-refractivity contribution in [1.29, 1.82) is 0 Å². The van der Waals surface area contributed by atoms with Crippen molar-refractivity contribution in [3.8, 4) is 0 Å². The first-order valence-corrected chi connectivity index (χ1v) is 9.09. The Morgan fingerprint density at radius 2 is 2.15 bits per heavy atom. The first-order chi connectivity index (χ1) is 13.0. The second kappa shape index (κ2) is 8.31. The van der Waals surface area contributed by atoms with Gasteiger partial charge in [0.15, 0.2) is 11.3 Å². The van der Waals surface area contributed by atoms with E-state index in [1.54, 1.807) is 13.3 Å². The molecular weight excluding hydrogens is 371 g/mol. The minimum absolute atomic E-state index is 0.237. The van der Waals surface area contributed by atoms with Crippen LogP contribution >= 0.6 is 11.3 Å². The maximum absolute atomic E-state index is 13.4. The molecule has 1 atom stereocenters. The molecule has 10 heteroatoms. The van der Waals surface area contributed by atoms with Crippen LogP contribution in [0, 0.1) is 12.7 Å². The van der Waals surface area contributed by atoms with Gasteiger partial charge in [0.25, 0.3) is 5.91 Å². The number of nitrogens with zero attached hydrogens (tertiary/aromatic N) is 4. The third kappa shape index (κ3) is 4.52. The summed E-state index contributed by atoms with van der Waals surface area (Å²) >= 11 is 1.36. The van der Waals surface area contributed by atoms with Crippen LogP contribution in [0.2, 0.25) is 0 Å². The van der Waals surface area contributed by atoms with Crippen molar-refractivity contribution in [3.05, 3.63) is 40.5 Å². The Hall–Kier alpha value is -2.72. The zero-order valence-electron chi connectivity index (χ0n) is 15.1. The van der Waals surface area contributed by atoms with Gasteiger partial charge in [-0.2, -0.15) is 4.98 Å². The van der Waals surface area contributed by atoms with Gasteiger partial charge in [0, 0.05) is 19.9 Å². The monoisotopic (exact) mass is 390 g/mol. The number of halogens is 1. The Bertz CT molecular complexity index is 964. The SMILES string of the molecule is COCCNC(=O)c1nc(N[C@@H](C)c2cncc(F)c2)nc2nc(C)sc12. The van der Waals surface area contributed by atoms with Crippen LogP contribution in [-0.2, 0) is 4.74 Å². The summed E-state index contributed by atoms with van der Waals surface area (Å²) in [5.74, 6) is -0.515. The molecule has 142 valence electrons. The van der Waals surface area contributed by atoms with E-state index in [0.717, 1.165) is 11.2 Å². The van der Waals surface area contributed by atoms with Crippen LogP contribution in [0.4, 0.5) is 10.3 Å². The van der Waals surface area contributed by atoms with Gasteiger partial charge in [0.1, 0.15) is 10.5 Å². The molecule has 8 nitrogen and oxygen atoms in total. The Kier molecular flexibility index (Phi) is 5.87. The number of fused-ring (bicyclic) bond motifs is 1. The largest absolute Gasteiger partial charge is 0.383 e. The van der Waals surface area contributed by atoms with Gasteiger partial charge in [-0.25, -0.2) is 14.4 Å². The summed E-state index contributed by atoms with van der Waals surface area (Å²) in [4.78, 5) is 29.5. The zero-order chi connectivity index (χ0) is 19.4. The lowest BCUT2D eigenvalue weighted by atomic mass is 10.1. The van der Waals surface area contributed by atoms with Gasteiger partial charge in [0.05, 0.1) is 23.9 Å². The number of carbonyl (C=O) groups is 1. The van der Waals surface area contributed by atoms with Crippen LogP contribution < -0.4 is 10.6 Å². The molecule has 2 N–H and O–H groups in total. The fraction of sp³-hybridized carbons (Fsp3) is 0.353. The number of rotatable bonds is 7. The molecule has 0 unspecified atom stereocenters. The average molecular weight is 390 g/mol. The predicted octanol–water partition coefficient (Wildman–Crippen LogP) is 2.48. The summed E-state index contributed by atoms with van der Waals surface area (Å²) in [6.07, 6.45) is 2.70. The number of carbonyl (C=O) groups excluding carboxylic acids is 1. The zero-order valence-corrected chi connectivity index (χ0v) is 15.9. The van der Waals surface area contributed by atoms with E-state index in [-0.39, 0.29) is 23.6 Å². The molecule has 1 amide bonds. The molecule has 0 saturated carbocycles. The number of methoxy groups -OCH3 is 1. The average Bonchev–Trinajstić information content (AvgIpc) is 3.01. The van der Waals surface area contributed by atoms with E-state index in [2.05, 4.69) is 30.6 Å². The first-order valence-electron chi connectivity index (χ1n) is 8.27. The summed E-state index contributed by atoms with van der Waals surface area (Å²) in [5, 5.41) is 6.62. The van der Waals surface area contributed by atoms with Crippen LogP contribution in [0.1, 0.15) is 34.0 Å². The van der Waals surface area contributed by atoms with Crippen molar-refractivity contribution in [1.82, 2.24) is 25.3 Å². The van der Waals surface area contributed by atoms with Gasteiger partial charge in [0.2, 0.25) is 5.95 Å². The number of amides is 1. The fourth-order valence-electron chi connectivity index (χ4n) is 2.44. The summed E-state index contributed by atoms with van der Waals surface area (Å²) in [6, 6.07) is 1.07. The summed E-state index contributed by atoms with van der Waals surface area (Å²) in [6.45, 7) is 4.44. The second-order valence-electron chi connectivity index (χ2n) is 5.83. The van der Waals surface area contributed by atoms with Crippen LogP contribution in [0.25, 0.3) is 10.3 Å². The summed E-state index contributed by atoms with van der Waals surface area (Å²) < 4.78 is 19.0. The first kappa shape index (κ1) is 19.1. The number of hydrogen-bond donors (Lipinski definition) is 2. The number of aromatic nitrogens is 4. The minimum Gasteiger partial charge on any atom is -0.383 e. The quantitative estimate of drug-likeness (QED) is 0.598. The third-order valence-electron chi connectivity index (χ3n) is 3.74. The van der Waals surface area contributed by atoms with E-state index in [0.29, 0.717) is 29.1 Å². The molecule has 3 heterocycles. The lowest BCUT2D eigenvalue weighted by Crippen LogP contribution is -2.28. The normalized spacial score (nSPS) is 12.1. The van der Waals surface area contributed by atoms with E-state index in [4.69, 9.17) is 4.74 Å². The lowest BCUT2D eigenvalue weighted by molar-refractivity contribution is 0.0934. The molecule has 3 aromatic heterocycles. The Morgan fingerprint density at radius 3 is 2.89 bits per heavy atom. The van der Waals surface area contributed by atoms with Crippen LogP contribution in [-0.4, -0.2) is 46.1 Å². The van der Waals surface area contributed by atoms with E-state index >= 15 is 0 Å². The highest BCUT2D eigenvalue weighted by Gasteiger charge is 2.19. The van der Waals surface area contributed by atoms with Gasteiger partial charge >= 0.3 is 0 Å². The molecule has 0 aliphatic heterocycles. The van der Waals surface area contributed by atoms with Gasteiger partial charge < -0.3 is 15.4 Å². The Morgan fingerprint density at radius 1 is 1.33 bits per heavy atom. The molecular formula is C17H19FN6O2S. The highest BCUT2D eigenvalue weighted by Crippen LogP contribution is 2.25. The Labute approximate surface area is 159 Å². The molecule has 0 radical (unpaired) electrons. The van der Waals surface area contributed by atoms with E-state index in [1.165, 1.54) is 17.4 Å². The molecule has 0 aromatic carbocycles. The molecule has 3 rings (SSSR count). The second-order valence-corrected chi connectivity index (χ2v) is 7.04. The van der Waals surface area contributed by atoms with Gasteiger partial charge in [-0.3, -0.25) is 9.78 Å². The molecule has 0 bridgehead atoms. The molecule has 27 heavy (non-hydrogen) atoms. The number of pyridine rings is 1. The summed E-state index contributed by atoms with van der Waals surface area (Å²) in [7, 11) is 1.56. The van der Waals surface area contributed by atoms with Crippen LogP contribution in [0.3, 0.4) is 0 Å². The minimum atomic E-state index is -0.425. The van der Waals surface area contributed by atoms with Gasteiger partial charge in [-0.05, 0) is 25.5 Å². The number of anilines is 1. The lowest BCUT2D eigenvalue weighted by Gasteiger charge is -2.14. The highest BCUT2D eigenvalue weighted by atomic mass is 32.1. The van der Waals surface area contributed by atoms with Crippen molar-refractivity contribution in [2.24, 2.45) is 0 Å². The maximum Gasteiger partial charge on any atom is 0.271 e. The van der Waals surface area contributed by atoms with Crippen LogP contribution in [0.5, 0.6) is 0 Å². The highest BCUT2D eigenvalue weighted by molar-refractivity contribution is 7.18. The van der Waals surface area contributed by atoms with Crippen molar-refractivity contribution in [2.75, 3.05) is 25.6 Å². The van der Waals surface area contributed by atoms with Crippen molar-refractivity contribution in [2.45, 2.75) is 19.9 Å². The number of nitrogens with one attached hydrogen (secondary N) is 2.